The first-order chi connectivity index (χ1) is 14.5. The van der Waals surface area contributed by atoms with Crippen LogP contribution >= 0.6 is 0 Å². The number of carbonyl (C=O) groups excluding carboxylic acids is 1. The number of unbranched alkanes of at least 4 members (excludes halogenated alkanes) is 2. The molecule has 2 atom stereocenters. The van der Waals surface area contributed by atoms with E-state index in [2.05, 4.69) is 36.1 Å². The van der Waals surface area contributed by atoms with Gasteiger partial charge in [-0.25, -0.2) is 13.9 Å². The van der Waals surface area contributed by atoms with Gasteiger partial charge in [-0.2, -0.15) is 4.31 Å². The molecule has 2 unspecified atom stereocenters. The summed E-state index contributed by atoms with van der Waals surface area (Å²) in [4.78, 5) is 13.9. The lowest BCUT2D eigenvalue weighted by Gasteiger charge is -2.38. The Balaban J connectivity index is 1.58. The van der Waals surface area contributed by atoms with Crippen molar-refractivity contribution in [2.45, 2.75) is 44.3 Å². The lowest BCUT2D eigenvalue weighted by atomic mass is 10.0. The van der Waals surface area contributed by atoms with E-state index in [1.165, 1.54) is 29.1 Å². The van der Waals surface area contributed by atoms with Crippen molar-refractivity contribution in [3.63, 3.8) is 0 Å². The molecule has 2 N–H and O–H groups in total. The Bertz CT molecular complexity index is 809. The molecule has 0 aliphatic carbocycles. The van der Waals surface area contributed by atoms with E-state index in [1.54, 1.807) is 5.48 Å². The fourth-order valence-electron chi connectivity index (χ4n) is 4.18. The number of sulfonamides is 1. The molecule has 0 aromatic heterocycles. The number of nitrogens with zero attached hydrogens (tertiary/aromatic N) is 2. The Morgan fingerprint density at radius 1 is 1.20 bits per heavy atom. The average molecular weight is 440 g/mol. The zero-order valence-corrected chi connectivity index (χ0v) is 18.4. The third kappa shape index (κ3) is 5.51. The molecule has 1 aromatic rings. The molecule has 2 heterocycles. The summed E-state index contributed by atoms with van der Waals surface area (Å²) in [6.07, 6.45) is 4.85. The van der Waals surface area contributed by atoms with Crippen LogP contribution in [0.25, 0.3) is 0 Å². The zero-order valence-electron chi connectivity index (χ0n) is 17.6. The summed E-state index contributed by atoms with van der Waals surface area (Å²) in [6.45, 7) is 4.49. The number of hydrogen-bond acceptors (Lipinski definition) is 6. The first-order valence-corrected chi connectivity index (χ1v) is 12.3. The standard InChI is InChI=1S/C21H33N3O5S/c1-2-3-4-6-17-7-5-8-19(13-17)23-9-11-24(12-10-23)30(27,28)20-14-18(15-29-16-20)21(25)22-26/h5,7-8,13,18,20,26H,2-4,6,9-12,14-16H2,1H3,(H,22,25). The molecule has 0 spiro atoms. The van der Waals surface area contributed by atoms with Crippen molar-refractivity contribution in [2.24, 2.45) is 5.92 Å². The number of benzene rings is 1. The number of hydrogen-bond donors (Lipinski definition) is 2. The van der Waals surface area contributed by atoms with Crippen LogP contribution in [0.15, 0.2) is 24.3 Å². The lowest BCUT2D eigenvalue weighted by Crippen LogP contribution is -2.53. The summed E-state index contributed by atoms with van der Waals surface area (Å²) in [5.41, 5.74) is 4.06. The highest BCUT2D eigenvalue weighted by molar-refractivity contribution is 7.89. The quantitative estimate of drug-likeness (QED) is 0.364. The Morgan fingerprint density at radius 2 is 1.97 bits per heavy atom. The maximum absolute atomic E-state index is 13.1. The summed E-state index contributed by atoms with van der Waals surface area (Å²) in [5.74, 6) is -1.25. The topological polar surface area (TPSA) is 99.2 Å². The van der Waals surface area contributed by atoms with Crippen molar-refractivity contribution >= 4 is 21.6 Å². The number of ether oxygens (including phenoxy) is 1. The van der Waals surface area contributed by atoms with Crippen LogP contribution in [0.2, 0.25) is 0 Å². The molecule has 0 radical (unpaired) electrons. The molecule has 0 bridgehead atoms. The van der Waals surface area contributed by atoms with Crippen molar-refractivity contribution in [3.05, 3.63) is 29.8 Å². The monoisotopic (exact) mass is 439 g/mol. The first kappa shape index (κ1) is 23.0. The van der Waals surface area contributed by atoms with Gasteiger partial charge in [-0.3, -0.25) is 10.0 Å². The second kappa shape index (κ2) is 10.6. The SMILES string of the molecule is CCCCCc1cccc(N2CCN(S(=O)(=O)C3COCC(C(=O)NO)C3)CC2)c1. The van der Waals surface area contributed by atoms with Gasteiger partial charge in [0.1, 0.15) is 0 Å². The summed E-state index contributed by atoms with van der Waals surface area (Å²) >= 11 is 0. The first-order valence-electron chi connectivity index (χ1n) is 10.8. The van der Waals surface area contributed by atoms with Crippen LogP contribution in [0.1, 0.15) is 38.2 Å². The molecule has 8 nitrogen and oxygen atoms in total. The summed E-state index contributed by atoms with van der Waals surface area (Å²) in [5, 5.41) is 8.06. The van der Waals surface area contributed by atoms with E-state index in [4.69, 9.17) is 9.94 Å². The lowest BCUT2D eigenvalue weighted by molar-refractivity contribution is -0.137. The van der Waals surface area contributed by atoms with E-state index in [0.29, 0.717) is 26.2 Å². The second-order valence-corrected chi connectivity index (χ2v) is 10.3. The molecule has 9 heteroatoms. The second-order valence-electron chi connectivity index (χ2n) is 8.13. The summed E-state index contributed by atoms with van der Waals surface area (Å²) < 4.78 is 33.0. The van der Waals surface area contributed by atoms with Crippen LogP contribution in [0.3, 0.4) is 0 Å². The van der Waals surface area contributed by atoms with Crippen LogP contribution < -0.4 is 10.4 Å². The van der Waals surface area contributed by atoms with Crippen molar-refractivity contribution in [1.29, 1.82) is 0 Å². The van der Waals surface area contributed by atoms with Gasteiger partial charge in [0.05, 0.1) is 24.4 Å². The number of nitrogens with one attached hydrogen (secondary N) is 1. The van der Waals surface area contributed by atoms with E-state index in [-0.39, 0.29) is 19.6 Å². The number of amides is 1. The Kier molecular flexibility index (Phi) is 8.10. The Hall–Kier alpha value is -1.68. The maximum Gasteiger partial charge on any atom is 0.248 e. The number of aryl methyl sites for hydroxylation is 1. The van der Waals surface area contributed by atoms with Crippen molar-refractivity contribution in [2.75, 3.05) is 44.3 Å². The van der Waals surface area contributed by atoms with Crippen LogP contribution in [0.4, 0.5) is 5.69 Å². The van der Waals surface area contributed by atoms with Crippen molar-refractivity contribution in [3.8, 4) is 0 Å². The van der Waals surface area contributed by atoms with Gasteiger partial charge in [-0.15, -0.1) is 0 Å². The predicted molar refractivity (Wildman–Crippen MR) is 115 cm³/mol. The van der Waals surface area contributed by atoms with E-state index >= 15 is 0 Å². The maximum atomic E-state index is 13.1. The molecule has 30 heavy (non-hydrogen) atoms. The minimum Gasteiger partial charge on any atom is -0.379 e. The Morgan fingerprint density at radius 3 is 2.67 bits per heavy atom. The molecule has 2 aliphatic heterocycles. The molecule has 1 amide bonds. The van der Waals surface area contributed by atoms with Crippen LogP contribution in [-0.2, 0) is 26.0 Å². The molecule has 168 valence electrons. The van der Waals surface area contributed by atoms with Gasteiger partial charge in [0.25, 0.3) is 0 Å². The average Bonchev–Trinajstić information content (AvgIpc) is 2.79. The summed E-state index contributed by atoms with van der Waals surface area (Å²) in [7, 11) is -3.57. The largest absolute Gasteiger partial charge is 0.379 e. The number of piperazine rings is 1. The minimum absolute atomic E-state index is 0.0809. The number of rotatable bonds is 8. The molecule has 3 rings (SSSR count). The third-order valence-corrected chi connectivity index (χ3v) is 8.27. The van der Waals surface area contributed by atoms with Gasteiger partial charge in [0.2, 0.25) is 15.9 Å². The predicted octanol–water partition coefficient (Wildman–Crippen LogP) is 1.78. The van der Waals surface area contributed by atoms with Crippen LogP contribution in [0, 0.1) is 5.92 Å². The molecule has 0 saturated carbocycles. The summed E-state index contributed by atoms with van der Waals surface area (Å²) in [6, 6.07) is 8.53. The number of hydroxylamine groups is 1. The number of carbonyl (C=O) groups is 1. The third-order valence-electron chi connectivity index (χ3n) is 6.02. The van der Waals surface area contributed by atoms with Gasteiger partial charge in [0.15, 0.2) is 0 Å². The van der Waals surface area contributed by atoms with E-state index in [1.807, 2.05) is 0 Å². The van der Waals surface area contributed by atoms with Crippen molar-refractivity contribution < 1.29 is 23.2 Å². The molecular weight excluding hydrogens is 406 g/mol. The molecule has 2 saturated heterocycles. The van der Waals surface area contributed by atoms with Crippen molar-refractivity contribution in [1.82, 2.24) is 9.79 Å². The van der Waals surface area contributed by atoms with Crippen LogP contribution in [-0.4, -0.2) is 68.5 Å². The molecular formula is C21H33N3O5S. The fraction of sp³-hybridized carbons (Fsp3) is 0.667. The van der Waals surface area contributed by atoms with Gasteiger partial charge < -0.3 is 9.64 Å². The molecule has 2 fully saturated rings. The number of anilines is 1. The van der Waals surface area contributed by atoms with Gasteiger partial charge in [0, 0.05) is 31.9 Å². The molecule has 1 aromatic carbocycles. The smallest absolute Gasteiger partial charge is 0.248 e. The van der Waals surface area contributed by atoms with Gasteiger partial charge in [-0.05, 0) is 37.0 Å². The van der Waals surface area contributed by atoms with E-state index in [0.717, 1.165) is 12.1 Å². The van der Waals surface area contributed by atoms with E-state index in [9.17, 15) is 13.2 Å². The normalized spacial score (nSPS) is 23.3. The van der Waals surface area contributed by atoms with Crippen LogP contribution in [0.5, 0.6) is 0 Å². The molecule has 2 aliphatic rings. The van der Waals surface area contributed by atoms with Gasteiger partial charge >= 0.3 is 0 Å². The fourth-order valence-corrected chi connectivity index (χ4v) is 6.01. The Labute approximate surface area is 179 Å². The minimum atomic E-state index is -3.57. The van der Waals surface area contributed by atoms with Gasteiger partial charge in [-0.1, -0.05) is 31.9 Å². The highest BCUT2D eigenvalue weighted by Gasteiger charge is 2.39. The van der Waals surface area contributed by atoms with E-state index < -0.39 is 27.1 Å². The zero-order chi connectivity index (χ0) is 21.6. The highest BCUT2D eigenvalue weighted by Crippen LogP contribution is 2.25. The highest BCUT2D eigenvalue weighted by atomic mass is 32.2.